The third kappa shape index (κ3) is 3.93. The molecule has 0 radical (unpaired) electrons. The number of amides is 1. The first-order valence-corrected chi connectivity index (χ1v) is 8.35. The van der Waals surface area contributed by atoms with Gasteiger partial charge in [-0.15, -0.1) is 12.4 Å². The summed E-state index contributed by atoms with van der Waals surface area (Å²) in [6, 6.07) is 5.21. The first-order valence-electron chi connectivity index (χ1n) is 7.97. The van der Waals surface area contributed by atoms with Gasteiger partial charge in [0.2, 0.25) is 0 Å². The van der Waals surface area contributed by atoms with Crippen LogP contribution in [0.15, 0.2) is 18.2 Å². The van der Waals surface area contributed by atoms with E-state index in [0.717, 1.165) is 39.0 Å². The molecule has 2 aliphatic heterocycles. The predicted molar refractivity (Wildman–Crippen MR) is 94.9 cm³/mol. The average Bonchev–Trinajstić information content (AvgIpc) is 2.56. The molecule has 1 N–H and O–H groups in total. The Labute approximate surface area is 148 Å². The van der Waals surface area contributed by atoms with E-state index in [9.17, 15) is 4.79 Å². The van der Waals surface area contributed by atoms with Crippen molar-refractivity contribution in [2.45, 2.75) is 25.7 Å². The molecule has 0 aliphatic carbocycles. The van der Waals surface area contributed by atoms with Gasteiger partial charge in [-0.3, -0.25) is 4.79 Å². The minimum absolute atomic E-state index is 0. The average molecular weight is 359 g/mol. The van der Waals surface area contributed by atoms with Gasteiger partial charge in [-0.25, -0.2) is 0 Å². The maximum Gasteiger partial charge on any atom is 0.257 e. The zero-order valence-electron chi connectivity index (χ0n) is 13.4. The first kappa shape index (κ1) is 18.4. The molecule has 0 atom stereocenters. The van der Waals surface area contributed by atoms with Gasteiger partial charge in [-0.2, -0.15) is 0 Å². The van der Waals surface area contributed by atoms with Crippen molar-refractivity contribution >= 4 is 29.9 Å². The Balaban J connectivity index is 0.00000192. The van der Waals surface area contributed by atoms with Gasteiger partial charge < -0.3 is 15.0 Å². The molecule has 6 heteroatoms. The molecule has 0 saturated carbocycles. The topological polar surface area (TPSA) is 41.6 Å². The lowest BCUT2D eigenvalue weighted by atomic mass is 9.71. The Morgan fingerprint density at radius 1 is 1.22 bits per heavy atom. The minimum Gasteiger partial charge on any atom is -0.496 e. The molecular weight excluding hydrogens is 335 g/mol. The lowest BCUT2D eigenvalue weighted by Crippen LogP contribution is -2.47. The molecule has 2 heterocycles. The fourth-order valence-corrected chi connectivity index (χ4v) is 3.83. The van der Waals surface area contributed by atoms with Gasteiger partial charge in [-0.05, 0) is 62.4 Å². The van der Waals surface area contributed by atoms with E-state index in [2.05, 4.69) is 5.32 Å². The van der Waals surface area contributed by atoms with Crippen molar-refractivity contribution in [1.29, 1.82) is 0 Å². The van der Waals surface area contributed by atoms with Crippen LogP contribution in [0.4, 0.5) is 0 Å². The van der Waals surface area contributed by atoms with Crippen LogP contribution in [-0.2, 0) is 0 Å². The van der Waals surface area contributed by atoms with Crippen molar-refractivity contribution in [3.8, 4) is 5.75 Å². The zero-order valence-corrected chi connectivity index (χ0v) is 15.0. The number of carbonyl (C=O) groups is 1. The molecule has 2 aliphatic rings. The second kappa shape index (κ2) is 7.73. The summed E-state index contributed by atoms with van der Waals surface area (Å²) in [5, 5.41) is 3.99. The summed E-state index contributed by atoms with van der Waals surface area (Å²) < 4.78 is 5.31. The SMILES string of the molecule is COc1ccc(Cl)cc1C(=O)N1CCC2(CCNCC2)CC1.Cl. The van der Waals surface area contributed by atoms with Crippen LogP contribution in [0.5, 0.6) is 5.75 Å². The number of halogens is 2. The van der Waals surface area contributed by atoms with Crippen LogP contribution in [-0.4, -0.2) is 44.1 Å². The number of ether oxygens (including phenoxy) is 1. The van der Waals surface area contributed by atoms with Crippen molar-refractivity contribution in [3.05, 3.63) is 28.8 Å². The van der Waals surface area contributed by atoms with Crippen LogP contribution >= 0.6 is 24.0 Å². The Kier molecular flexibility index (Phi) is 6.18. The van der Waals surface area contributed by atoms with Crippen molar-refractivity contribution < 1.29 is 9.53 Å². The Bertz CT molecular complexity index is 550. The highest BCUT2D eigenvalue weighted by Gasteiger charge is 2.37. The highest BCUT2D eigenvalue weighted by atomic mass is 35.5. The van der Waals surface area contributed by atoms with E-state index >= 15 is 0 Å². The number of nitrogens with zero attached hydrogens (tertiary/aromatic N) is 1. The zero-order chi connectivity index (χ0) is 15.6. The van der Waals surface area contributed by atoms with Crippen molar-refractivity contribution in [2.24, 2.45) is 5.41 Å². The molecule has 128 valence electrons. The maximum absolute atomic E-state index is 12.8. The van der Waals surface area contributed by atoms with E-state index < -0.39 is 0 Å². The van der Waals surface area contributed by atoms with Crippen LogP contribution < -0.4 is 10.1 Å². The number of hydrogen-bond acceptors (Lipinski definition) is 3. The number of piperidine rings is 2. The van der Waals surface area contributed by atoms with Crippen molar-refractivity contribution in [1.82, 2.24) is 10.2 Å². The third-order valence-electron chi connectivity index (χ3n) is 5.17. The summed E-state index contributed by atoms with van der Waals surface area (Å²) in [4.78, 5) is 14.7. The standard InChI is InChI=1S/C17H23ClN2O2.ClH/c1-22-15-3-2-13(18)12-14(15)16(21)20-10-6-17(7-11-20)4-8-19-9-5-17;/h2-3,12,19H,4-11H2,1H3;1H. The maximum atomic E-state index is 12.8. The van der Waals surface area contributed by atoms with E-state index in [1.807, 2.05) is 4.90 Å². The molecule has 2 fully saturated rings. The van der Waals surface area contributed by atoms with Gasteiger partial charge in [0, 0.05) is 18.1 Å². The molecule has 23 heavy (non-hydrogen) atoms. The van der Waals surface area contributed by atoms with E-state index in [-0.39, 0.29) is 18.3 Å². The Morgan fingerprint density at radius 2 is 1.87 bits per heavy atom. The second-order valence-electron chi connectivity index (χ2n) is 6.39. The lowest BCUT2D eigenvalue weighted by molar-refractivity contribution is 0.0493. The molecule has 1 amide bonds. The van der Waals surface area contributed by atoms with Crippen LogP contribution in [0.25, 0.3) is 0 Å². The summed E-state index contributed by atoms with van der Waals surface area (Å²) >= 11 is 6.04. The lowest BCUT2D eigenvalue weighted by Gasteiger charge is -2.44. The van der Waals surface area contributed by atoms with Crippen LogP contribution in [0, 0.1) is 5.41 Å². The predicted octanol–water partition coefficient (Wildman–Crippen LogP) is 3.38. The minimum atomic E-state index is 0. The number of nitrogens with one attached hydrogen (secondary N) is 1. The van der Waals surface area contributed by atoms with Crippen molar-refractivity contribution in [2.75, 3.05) is 33.3 Å². The monoisotopic (exact) mass is 358 g/mol. The van der Waals surface area contributed by atoms with E-state index in [0.29, 0.717) is 21.8 Å². The molecule has 2 saturated heterocycles. The van der Waals surface area contributed by atoms with E-state index in [1.54, 1.807) is 25.3 Å². The molecule has 0 aromatic heterocycles. The molecule has 1 aromatic carbocycles. The largest absolute Gasteiger partial charge is 0.496 e. The smallest absolute Gasteiger partial charge is 0.257 e. The summed E-state index contributed by atoms with van der Waals surface area (Å²) in [5.41, 5.74) is 1.01. The van der Waals surface area contributed by atoms with Gasteiger partial charge in [0.1, 0.15) is 5.75 Å². The number of carbonyl (C=O) groups excluding carboxylic acids is 1. The quantitative estimate of drug-likeness (QED) is 0.880. The first-order chi connectivity index (χ1) is 10.6. The number of benzene rings is 1. The number of methoxy groups -OCH3 is 1. The summed E-state index contributed by atoms with van der Waals surface area (Å²) in [6.07, 6.45) is 4.66. The summed E-state index contributed by atoms with van der Waals surface area (Å²) in [6.45, 7) is 3.87. The highest BCUT2D eigenvalue weighted by molar-refractivity contribution is 6.31. The molecule has 0 unspecified atom stereocenters. The Hall–Kier alpha value is -0.970. The molecule has 1 spiro atoms. The van der Waals surface area contributed by atoms with Gasteiger partial charge in [0.05, 0.1) is 12.7 Å². The normalized spacial score (nSPS) is 20.0. The van der Waals surface area contributed by atoms with Gasteiger partial charge in [-0.1, -0.05) is 11.6 Å². The molecule has 3 rings (SSSR count). The number of rotatable bonds is 2. The number of likely N-dealkylation sites (tertiary alicyclic amines) is 1. The molecular formula is C17H24Cl2N2O2. The third-order valence-corrected chi connectivity index (χ3v) is 5.40. The van der Waals surface area contributed by atoms with Crippen LogP contribution in [0.3, 0.4) is 0 Å². The van der Waals surface area contributed by atoms with Crippen molar-refractivity contribution in [3.63, 3.8) is 0 Å². The number of hydrogen-bond donors (Lipinski definition) is 1. The van der Waals surface area contributed by atoms with Crippen LogP contribution in [0.2, 0.25) is 5.02 Å². The second-order valence-corrected chi connectivity index (χ2v) is 6.82. The van der Waals surface area contributed by atoms with Crippen LogP contribution in [0.1, 0.15) is 36.0 Å². The summed E-state index contributed by atoms with van der Waals surface area (Å²) in [7, 11) is 1.58. The fourth-order valence-electron chi connectivity index (χ4n) is 3.66. The molecule has 0 bridgehead atoms. The highest BCUT2D eigenvalue weighted by Crippen LogP contribution is 2.40. The van der Waals surface area contributed by atoms with E-state index in [1.165, 1.54) is 12.8 Å². The van der Waals surface area contributed by atoms with E-state index in [4.69, 9.17) is 16.3 Å². The molecule has 1 aromatic rings. The summed E-state index contributed by atoms with van der Waals surface area (Å²) in [5.74, 6) is 0.625. The Morgan fingerprint density at radius 3 is 2.48 bits per heavy atom. The molecule has 4 nitrogen and oxygen atoms in total. The van der Waals surface area contributed by atoms with Gasteiger partial charge in [0.15, 0.2) is 0 Å². The van der Waals surface area contributed by atoms with Gasteiger partial charge >= 0.3 is 0 Å². The fraction of sp³-hybridized carbons (Fsp3) is 0.588. The van der Waals surface area contributed by atoms with Gasteiger partial charge in [0.25, 0.3) is 5.91 Å².